The van der Waals surface area contributed by atoms with Crippen LogP contribution in [0.3, 0.4) is 0 Å². The molecule has 8 nitrogen and oxygen atoms in total. The van der Waals surface area contributed by atoms with Crippen molar-refractivity contribution in [3.63, 3.8) is 0 Å². The van der Waals surface area contributed by atoms with Crippen molar-refractivity contribution < 1.29 is 32.9 Å². The summed E-state index contributed by atoms with van der Waals surface area (Å²) in [6, 6.07) is -0.864. The van der Waals surface area contributed by atoms with Crippen molar-refractivity contribution in [2.24, 2.45) is 0 Å². The molecule has 0 aliphatic heterocycles. The molecule has 0 saturated heterocycles. The van der Waals surface area contributed by atoms with Gasteiger partial charge in [0.1, 0.15) is 13.2 Å². The van der Waals surface area contributed by atoms with E-state index in [4.69, 9.17) is 9.05 Å². The third kappa shape index (κ3) is 40.7. The minimum absolute atomic E-state index is 0.0541. The summed E-state index contributed by atoms with van der Waals surface area (Å²) in [6.45, 7) is 4.75. The minimum Gasteiger partial charge on any atom is -0.387 e. The number of rotatable bonds is 41. The van der Waals surface area contributed by atoms with E-state index in [1.54, 1.807) is 6.08 Å². The summed E-state index contributed by atoms with van der Waals surface area (Å²) >= 11 is 0. The highest BCUT2D eigenvalue weighted by molar-refractivity contribution is 7.47. The second kappa shape index (κ2) is 38.2. The number of hydrogen-bond acceptors (Lipinski definition) is 5. The van der Waals surface area contributed by atoms with Crippen LogP contribution in [0.2, 0.25) is 0 Å². The molecule has 3 atom stereocenters. The fourth-order valence-corrected chi connectivity index (χ4v) is 7.16. The van der Waals surface area contributed by atoms with Crippen LogP contribution in [0.5, 0.6) is 0 Å². The van der Waals surface area contributed by atoms with E-state index in [0.717, 1.165) is 44.9 Å². The Morgan fingerprint density at radius 1 is 0.600 bits per heavy atom. The predicted molar refractivity (Wildman–Crippen MR) is 235 cm³/mol. The predicted octanol–water partition coefficient (Wildman–Crippen LogP) is 12.7. The maximum absolute atomic E-state index is 12.7. The van der Waals surface area contributed by atoms with Gasteiger partial charge in [-0.3, -0.25) is 13.8 Å². The topological polar surface area (TPSA) is 105 Å². The molecule has 0 saturated carbocycles. The first-order valence-corrected chi connectivity index (χ1v) is 24.4. The third-order valence-corrected chi connectivity index (χ3v) is 11.1. The molecule has 0 aromatic rings. The largest absolute Gasteiger partial charge is 0.472 e. The number of phosphoric acid groups is 1. The minimum atomic E-state index is -4.34. The lowest BCUT2D eigenvalue weighted by Crippen LogP contribution is -2.45. The molecule has 0 fully saturated rings. The lowest BCUT2D eigenvalue weighted by atomic mass is 10.0. The molecule has 0 bridgehead atoms. The van der Waals surface area contributed by atoms with Gasteiger partial charge in [0, 0.05) is 6.42 Å². The van der Waals surface area contributed by atoms with Gasteiger partial charge < -0.3 is 19.8 Å². The van der Waals surface area contributed by atoms with Gasteiger partial charge in [-0.25, -0.2) is 4.57 Å². The number of hydrogen-bond donors (Lipinski definition) is 3. The molecule has 0 aliphatic carbocycles. The van der Waals surface area contributed by atoms with Gasteiger partial charge in [-0.05, 0) is 44.9 Å². The fraction of sp³-hybridized carbons (Fsp3) is 0.848. The number of nitrogens with one attached hydrogen (secondary N) is 1. The Bertz CT molecular complexity index is 995. The van der Waals surface area contributed by atoms with Crippen LogP contribution in [-0.2, 0) is 18.4 Å². The number of phosphoric ester groups is 1. The van der Waals surface area contributed by atoms with E-state index in [-0.39, 0.29) is 19.1 Å². The van der Waals surface area contributed by atoms with Crippen LogP contribution >= 0.6 is 7.82 Å². The second-order valence-corrected chi connectivity index (χ2v) is 18.2. The Morgan fingerprint density at radius 2 is 1.00 bits per heavy atom. The summed E-state index contributed by atoms with van der Waals surface area (Å²) in [4.78, 5) is 23.0. The van der Waals surface area contributed by atoms with E-state index < -0.39 is 20.0 Å². The van der Waals surface area contributed by atoms with Gasteiger partial charge in [0.25, 0.3) is 0 Å². The molecule has 0 radical (unpaired) electrons. The van der Waals surface area contributed by atoms with Crippen molar-refractivity contribution in [3.8, 4) is 0 Å². The second-order valence-electron chi connectivity index (χ2n) is 16.8. The first-order chi connectivity index (χ1) is 26.5. The SMILES string of the molecule is CCCCCCCCCCCCCCCCC/C=C/CC/C=C/CC/C=C/C(O)C(COP(=O)(O)OCC[N+](C)(C)C)NC(=O)CCCCCCCCCC. The molecule has 0 heterocycles. The van der Waals surface area contributed by atoms with Crippen molar-refractivity contribution in [2.45, 2.75) is 212 Å². The number of aliphatic hydroxyl groups is 1. The highest BCUT2D eigenvalue weighted by Gasteiger charge is 2.27. The Balaban J connectivity index is 4.29. The zero-order valence-corrected chi connectivity index (χ0v) is 37.6. The summed E-state index contributed by atoms with van der Waals surface area (Å²) in [5.41, 5.74) is 0. The molecule has 0 aliphatic rings. The number of quaternary nitrogens is 1. The van der Waals surface area contributed by atoms with Crippen LogP contribution in [0, 0.1) is 0 Å². The van der Waals surface area contributed by atoms with Gasteiger partial charge >= 0.3 is 7.82 Å². The number of nitrogens with zero attached hydrogens (tertiary/aromatic N) is 1. The molecule has 0 aromatic carbocycles. The van der Waals surface area contributed by atoms with Gasteiger partial charge in [0.15, 0.2) is 0 Å². The van der Waals surface area contributed by atoms with Crippen LogP contribution in [-0.4, -0.2) is 73.4 Å². The van der Waals surface area contributed by atoms with Crippen molar-refractivity contribution in [1.82, 2.24) is 5.32 Å². The highest BCUT2D eigenvalue weighted by Crippen LogP contribution is 2.43. The van der Waals surface area contributed by atoms with Crippen LogP contribution in [0.25, 0.3) is 0 Å². The van der Waals surface area contributed by atoms with E-state index in [0.29, 0.717) is 17.4 Å². The molecule has 55 heavy (non-hydrogen) atoms. The van der Waals surface area contributed by atoms with E-state index >= 15 is 0 Å². The van der Waals surface area contributed by atoms with Crippen LogP contribution in [0.4, 0.5) is 0 Å². The van der Waals surface area contributed by atoms with Crippen molar-refractivity contribution >= 4 is 13.7 Å². The molecular formula is C46H90N2O6P+. The molecule has 0 spiro atoms. The Hall–Kier alpha value is -1.28. The fourth-order valence-electron chi connectivity index (χ4n) is 6.43. The summed E-state index contributed by atoms with van der Waals surface area (Å²) in [5.74, 6) is -0.197. The number of aliphatic hydroxyl groups excluding tert-OH is 1. The van der Waals surface area contributed by atoms with E-state index in [9.17, 15) is 19.4 Å². The van der Waals surface area contributed by atoms with Gasteiger partial charge in [-0.1, -0.05) is 185 Å². The van der Waals surface area contributed by atoms with Crippen molar-refractivity contribution in [2.75, 3.05) is 40.9 Å². The summed E-state index contributed by atoms with van der Waals surface area (Å²) in [6.07, 6.45) is 46.8. The van der Waals surface area contributed by atoms with Gasteiger partial charge in [0.05, 0.1) is 39.9 Å². The summed E-state index contributed by atoms with van der Waals surface area (Å²) in [5, 5.41) is 13.7. The number of amides is 1. The van der Waals surface area contributed by atoms with Gasteiger partial charge in [-0.2, -0.15) is 0 Å². The first kappa shape index (κ1) is 53.7. The average Bonchev–Trinajstić information content (AvgIpc) is 3.13. The monoisotopic (exact) mass is 798 g/mol. The molecule has 0 rings (SSSR count). The molecule has 3 unspecified atom stereocenters. The average molecular weight is 798 g/mol. The number of carbonyl (C=O) groups excluding carboxylic acids is 1. The van der Waals surface area contributed by atoms with E-state index in [1.807, 2.05) is 27.2 Å². The molecular weight excluding hydrogens is 707 g/mol. The number of carbonyl (C=O) groups is 1. The number of likely N-dealkylation sites (N-methyl/N-ethyl adjacent to an activating group) is 1. The zero-order chi connectivity index (χ0) is 40.7. The maximum Gasteiger partial charge on any atom is 0.472 e. The molecule has 1 amide bonds. The van der Waals surface area contributed by atoms with Crippen LogP contribution in [0.15, 0.2) is 36.5 Å². The number of unbranched alkanes of at least 4 members (excludes halogenated alkanes) is 24. The molecule has 324 valence electrons. The normalized spacial score (nSPS) is 14.7. The smallest absolute Gasteiger partial charge is 0.387 e. The maximum atomic E-state index is 12.7. The lowest BCUT2D eigenvalue weighted by molar-refractivity contribution is -0.870. The van der Waals surface area contributed by atoms with E-state index in [1.165, 1.54) is 135 Å². The Kier molecular flexibility index (Phi) is 37.4. The number of allylic oxidation sites excluding steroid dienone is 5. The molecule has 9 heteroatoms. The van der Waals surface area contributed by atoms with Crippen molar-refractivity contribution in [3.05, 3.63) is 36.5 Å². The molecule has 3 N–H and O–H groups in total. The van der Waals surface area contributed by atoms with Gasteiger partial charge in [0.2, 0.25) is 5.91 Å². The van der Waals surface area contributed by atoms with E-state index in [2.05, 4.69) is 43.5 Å². The summed E-state index contributed by atoms with van der Waals surface area (Å²) in [7, 11) is 1.55. The Morgan fingerprint density at radius 3 is 1.45 bits per heavy atom. The lowest BCUT2D eigenvalue weighted by Gasteiger charge is -2.25. The van der Waals surface area contributed by atoms with Crippen LogP contribution in [0.1, 0.15) is 200 Å². The third-order valence-electron chi connectivity index (χ3n) is 10.1. The molecule has 0 aromatic heterocycles. The first-order valence-electron chi connectivity index (χ1n) is 22.9. The van der Waals surface area contributed by atoms with Crippen molar-refractivity contribution in [1.29, 1.82) is 0 Å². The quantitative estimate of drug-likeness (QED) is 0.0246. The van der Waals surface area contributed by atoms with Crippen LogP contribution < -0.4 is 5.32 Å². The summed E-state index contributed by atoms with van der Waals surface area (Å²) < 4.78 is 23.5. The highest BCUT2D eigenvalue weighted by atomic mass is 31.2. The Labute approximate surface area is 340 Å². The zero-order valence-electron chi connectivity index (χ0n) is 36.7. The standard InChI is InChI=1S/C46H89N2O6P/c1-6-8-10-12-14-16-17-18-19-20-21-22-23-24-25-26-27-28-29-30-31-32-33-35-37-39-45(49)44(43-54-55(51,52)53-42-41-48(3,4)5)47-46(50)40-38-36-34-15-13-11-9-7-2/h27-28,31-32,37,39,44-45,49H,6-26,29-30,33-36,38,40-43H2,1-5H3,(H-,47,50,51,52)/p+1/b28-27+,32-31+,39-37+. The van der Waals surface area contributed by atoms with Gasteiger partial charge in [-0.15, -0.1) is 0 Å².